The first-order chi connectivity index (χ1) is 7.94. The second-order valence-corrected chi connectivity index (χ2v) is 6.63. The van der Waals surface area contributed by atoms with Crippen LogP contribution in [0.3, 0.4) is 0 Å². The van der Waals surface area contributed by atoms with Crippen LogP contribution in [0.2, 0.25) is 5.02 Å². The van der Waals surface area contributed by atoms with Crippen LogP contribution in [0.1, 0.15) is 38.9 Å². The molecule has 1 nitrogen and oxygen atoms in total. The van der Waals surface area contributed by atoms with Crippen LogP contribution in [0, 0.1) is 5.41 Å². The summed E-state index contributed by atoms with van der Waals surface area (Å²) in [5.41, 5.74) is 1.41. The highest BCUT2D eigenvalue weighted by Crippen LogP contribution is 2.28. The monoisotopic (exact) mass is 366 g/mol. The molecule has 0 fully saturated rings. The third kappa shape index (κ3) is 5.58. The van der Waals surface area contributed by atoms with Gasteiger partial charge in [-0.15, -0.1) is 0 Å². The molecule has 0 N–H and O–H groups in total. The minimum atomic E-state index is 0.103. The maximum Gasteiger partial charge on any atom is 0.0928 e. The van der Waals surface area contributed by atoms with E-state index in [0.29, 0.717) is 5.41 Å². The van der Waals surface area contributed by atoms with Gasteiger partial charge in [-0.25, -0.2) is 0 Å². The van der Waals surface area contributed by atoms with Crippen molar-refractivity contribution in [3.8, 4) is 0 Å². The molecule has 0 aliphatic rings. The molecule has 1 aromatic carbocycles. The SMILES string of the molecule is CC(C)(C)CCOC(CI)c1ccccc1Cl. The lowest BCUT2D eigenvalue weighted by Gasteiger charge is -2.21. The number of hydrogen-bond acceptors (Lipinski definition) is 1. The van der Waals surface area contributed by atoms with E-state index in [0.717, 1.165) is 28.0 Å². The molecule has 0 amide bonds. The van der Waals surface area contributed by atoms with E-state index in [-0.39, 0.29) is 6.10 Å². The van der Waals surface area contributed by atoms with Crippen molar-refractivity contribution in [3.63, 3.8) is 0 Å². The van der Waals surface area contributed by atoms with Crippen molar-refractivity contribution in [1.29, 1.82) is 0 Å². The van der Waals surface area contributed by atoms with Crippen LogP contribution < -0.4 is 0 Å². The summed E-state index contributed by atoms with van der Waals surface area (Å²) in [6, 6.07) is 7.92. The maximum atomic E-state index is 6.18. The first kappa shape index (κ1) is 15.3. The number of alkyl halides is 1. The molecule has 0 heterocycles. The Bertz CT molecular complexity index is 346. The summed E-state index contributed by atoms with van der Waals surface area (Å²) >= 11 is 8.53. The summed E-state index contributed by atoms with van der Waals surface area (Å²) in [6.45, 7) is 7.46. The lowest BCUT2D eigenvalue weighted by molar-refractivity contribution is 0.0532. The molecule has 1 atom stereocenters. The van der Waals surface area contributed by atoms with Gasteiger partial charge in [0.15, 0.2) is 0 Å². The van der Waals surface area contributed by atoms with Crippen LogP contribution >= 0.6 is 34.2 Å². The van der Waals surface area contributed by atoms with Gasteiger partial charge in [-0.3, -0.25) is 0 Å². The Morgan fingerprint density at radius 3 is 2.47 bits per heavy atom. The Hall–Kier alpha value is 0.200. The lowest BCUT2D eigenvalue weighted by Crippen LogP contribution is -2.13. The van der Waals surface area contributed by atoms with Crippen molar-refractivity contribution in [1.82, 2.24) is 0 Å². The lowest BCUT2D eigenvalue weighted by atomic mass is 9.93. The van der Waals surface area contributed by atoms with Gasteiger partial charge in [-0.2, -0.15) is 0 Å². The molecule has 3 heteroatoms. The smallest absolute Gasteiger partial charge is 0.0928 e. The fourth-order valence-electron chi connectivity index (χ4n) is 1.46. The fraction of sp³-hybridized carbons (Fsp3) is 0.571. The van der Waals surface area contributed by atoms with Crippen molar-refractivity contribution in [3.05, 3.63) is 34.9 Å². The molecule has 1 aromatic rings. The van der Waals surface area contributed by atoms with E-state index in [1.54, 1.807) is 0 Å². The van der Waals surface area contributed by atoms with Crippen LogP contribution in [0.5, 0.6) is 0 Å². The molecule has 0 bridgehead atoms. The van der Waals surface area contributed by atoms with Gasteiger partial charge in [0.05, 0.1) is 6.10 Å². The molecule has 0 saturated carbocycles. The highest BCUT2D eigenvalue weighted by Gasteiger charge is 2.16. The van der Waals surface area contributed by atoms with E-state index in [2.05, 4.69) is 43.4 Å². The number of ether oxygens (including phenoxy) is 1. The van der Waals surface area contributed by atoms with Crippen molar-refractivity contribution in [2.75, 3.05) is 11.0 Å². The second-order valence-electron chi connectivity index (χ2n) is 5.35. The van der Waals surface area contributed by atoms with Gasteiger partial charge < -0.3 is 4.74 Å². The molecule has 0 radical (unpaired) electrons. The summed E-state index contributed by atoms with van der Waals surface area (Å²) in [4.78, 5) is 0. The van der Waals surface area contributed by atoms with E-state index >= 15 is 0 Å². The molecule has 0 aliphatic heterocycles. The minimum absolute atomic E-state index is 0.103. The van der Waals surface area contributed by atoms with Crippen molar-refractivity contribution in [2.24, 2.45) is 5.41 Å². The standard InChI is InChI=1S/C14H20ClIO/c1-14(2,3)8-9-17-13(10-16)11-6-4-5-7-12(11)15/h4-7,13H,8-10H2,1-3H3. The van der Waals surface area contributed by atoms with Gasteiger partial charge >= 0.3 is 0 Å². The zero-order valence-electron chi connectivity index (χ0n) is 10.7. The van der Waals surface area contributed by atoms with E-state index in [1.807, 2.05) is 24.3 Å². The largest absolute Gasteiger partial charge is 0.373 e. The zero-order chi connectivity index (χ0) is 12.9. The summed E-state index contributed by atoms with van der Waals surface area (Å²) in [5, 5.41) is 0.796. The van der Waals surface area contributed by atoms with E-state index in [4.69, 9.17) is 16.3 Å². The zero-order valence-corrected chi connectivity index (χ0v) is 13.6. The van der Waals surface area contributed by atoms with Crippen molar-refractivity contribution >= 4 is 34.2 Å². The van der Waals surface area contributed by atoms with Gasteiger partial charge in [0.25, 0.3) is 0 Å². The van der Waals surface area contributed by atoms with Crippen LogP contribution in [0.15, 0.2) is 24.3 Å². The average Bonchev–Trinajstić information content (AvgIpc) is 2.24. The van der Waals surface area contributed by atoms with E-state index in [9.17, 15) is 0 Å². The van der Waals surface area contributed by atoms with Crippen molar-refractivity contribution in [2.45, 2.75) is 33.3 Å². The summed E-state index contributed by atoms with van der Waals surface area (Å²) in [7, 11) is 0. The quantitative estimate of drug-likeness (QED) is 0.509. The van der Waals surface area contributed by atoms with Crippen LogP contribution in [-0.4, -0.2) is 11.0 Å². The minimum Gasteiger partial charge on any atom is -0.373 e. The predicted molar refractivity (Wildman–Crippen MR) is 83.1 cm³/mol. The van der Waals surface area contributed by atoms with Crippen LogP contribution in [0.25, 0.3) is 0 Å². The normalized spacial score (nSPS) is 13.7. The van der Waals surface area contributed by atoms with E-state index < -0.39 is 0 Å². The first-order valence-electron chi connectivity index (χ1n) is 5.86. The van der Waals surface area contributed by atoms with Gasteiger partial charge in [-0.1, -0.05) is 73.2 Å². The summed E-state index contributed by atoms with van der Waals surface area (Å²) in [6.07, 6.45) is 1.16. The van der Waals surface area contributed by atoms with Crippen molar-refractivity contribution < 1.29 is 4.74 Å². The third-order valence-electron chi connectivity index (χ3n) is 2.56. The molecule has 1 rings (SSSR count). The van der Waals surface area contributed by atoms with Crippen LogP contribution in [-0.2, 0) is 4.74 Å². The number of rotatable bonds is 5. The number of hydrogen-bond donors (Lipinski definition) is 0. The molecule has 0 aliphatic carbocycles. The number of halogens is 2. The molecule has 17 heavy (non-hydrogen) atoms. The summed E-state index contributed by atoms with van der Waals surface area (Å²) in [5.74, 6) is 0. The van der Waals surface area contributed by atoms with E-state index in [1.165, 1.54) is 0 Å². The molecule has 0 saturated heterocycles. The Morgan fingerprint density at radius 1 is 1.29 bits per heavy atom. The molecular weight excluding hydrogens is 347 g/mol. The first-order valence-corrected chi connectivity index (χ1v) is 7.76. The topological polar surface area (TPSA) is 9.23 Å². The average molecular weight is 367 g/mol. The Morgan fingerprint density at radius 2 is 1.94 bits per heavy atom. The molecule has 0 spiro atoms. The highest BCUT2D eigenvalue weighted by atomic mass is 127. The predicted octanol–water partition coefficient (Wildman–Crippen LogP) is 5.27. The second kappa shape index (κ2) is 6.95. The molecule has 0 aromatic heterocycles. The Kier molecular flexibility index (Phi) is 6.24. The Balaban J connectivity index is 2.58. The van der Waals surface area contributed by atoms with Gasteiger partial charge in [0.1, 0.15) is 0 Å². The Labute approximate surface area is 123 Å². The highest BCUT2D eigenvalue weighted by molar-refractivity contribution is 14.1. The third-order valence-corrected chi connectivity index (χ3v) is 3.71. The molecule has 96 valence electrons. The van der Waals surface area contributed by atoms with Gasteiger partial charge in [0.2, 0.25) is 0 Å². The maximum absolute atomic E-state index is 6.18. The van der Waals surface area contributed by atoms with Gasteiger partial charge in [0, 0.05) is 21.6 Å². The van der Waals surface area contributed by atoms with Crippen LogP contribution in [0.4, 0.5) is 0 Å². The molecule has 1 unspecified atom stereocenters. The number of benzene rings is 1. The van der Waals surface area contributed by atoms with Gasteiger partial charge in [-0.05, 0) is 17.9 Å². The fourth-order valence-corrected chi connectivity index (χ4v) is 2.45. The molecular formula is C14H20ClIO. The summed E-state index contributed by atoms with van der Waals surface area (Å²) < 4.78 is 6.86.